The van der Waals surface area contributed by atoms with Crippen molar-refractivity contribution in [3.63, 3.8) is 0 Å². The molecule has 0 aliphatic carbocycles. The first kappa shape index (κ1) is 17.6. The van der Waals surface area contributed by atoms with E-state index in [0.717, 1.165) is 6.07 Å². The number of halogens is 4. The van der Waals surface area contributed by atoms with Crippen LogP contribution in [0.3, 0.4) is 0 Å². The molecule has 3 aromatic rings. The van der Waals surface area contributed by atoms with Gasteiger partial charge in [-0.1, -0.05) is 24.3 Å². The Balaban J connectivity index is 1.99. The molecule has 3 rings (SSSR count). The number of hydrogen-bond acceptors (Lipinski definition) is 5. The molecule has 5 nitrogen and oxygen atoms in total. The first-order valence-electron chi connectivity index (χ1n) is 7.45. The van der Waals surface area contributed by atoms with Crippen LogP contribution in [0.1, 0.15) is 16.8 Å². The summed E-state index contributed by atoms with van der Waals surface area (Å²) in [5.41, 5.74) is 11.2. The Bertz CT molecular complexity index is 933. The summed E-state index contributed by atoms with van der Waals surface area (Å²) < 4.78 is 52.2. The Morgan fingerprint density at radius 3 is 2.12 bits per heavy atom. The zero-order valence-corrected chi connectivity index (χ0v) is 13.3. The Morgan fingerprint density at radius 1 is 0.846 bits per heavy atom. The van der Waals surface area contributed by atoms with Gasteiger partial charge in [-0.05, 0) is 23.8 Å². The first-order chi connectivity index (χ1) is 12.3. The van der Waals surface area contributed by atoms with Crippen molar-refractivity contribution in [3.8, 4) is 11.5 Å². The van der Waals surface area contributed by atoms with Gasteiger partial charge in [0.05, 0.1) is 0 Å². The molecule has 0 saturated heterocycles. The van der Waals surface area contributed by atoms with Crippen LogP contribution in [0.25, 0.3) is 11.5 Å². The number of benzene rings is 1. The number of nitrogens with zero attached hydrogens (tertiary/aromatic N) is 3. The number of nitrogens with two attached hydrogens (primary N) is 2. The van der Waals surface area contributed by atoms with Crippen molar-refractivity contribution in [2.45, 2.75) is 12.6 Å². The highest BCUT2D eigenvalue weighted by Crippen LogP contribution is 2.30. The zero-order chi connectivity index (χ0) is 18.9. The van der Waals surface area contributed by atoms with Crippen molar-refractivity contribution in [1.82, 2.24) is 15.0 Å². The summed E-state index contributed by atoms with van der Waals surface area (Å²) in [6, 6.07) is 9.41. The molecule has 0 saturated carbocycles. The van der Waals surface area contributed by atoms with Crippen LogP contribution in [-0.4, -0.2) is 15.0 Å². The summed E-state index contributed by atoms with van der Waals surface area (Å²) >= 11 is 0. The molecule has 26 heavy (non-hydrogen) atoms. The van der Waals surface area contributed by atoms with Crippen molar-refractivity contribution >= 4 is 11.6 Å². The van der Waals surface area contributed by atoms with Gasteiger partial charge >= 0.3 is 6.18 Å². The van der Waals surface area contributed by atoms with E-state index in [1.807, 2.05) is 0 Å². The normalized spacial score (nSPS) is 11.5. The van der Waals surface area contributed by atoms with Gasteiger partial charge in [0, 0.05) is 12.0 Å². The maximum Gasteiger partial charge on any atom is 0.433 e. The lowest BCUT2D eigenvalue weighted by Gasteiger charge is -2.11. The third-order valence-corrected chi connectivity index (χ3v) is 3.66. The maximum atomic E-state index is 13.8. The van der Waals surface area contributed by atoms with Crippen molar-refractivity contribution in [3.05, 3.63) is 65.1 Å². The lowest BCUT2D eigenvalue weighted by atomic mass is 10.1. The van der Waals surface area contributed by atoms with E-state index in [0.29, 0.717) is 11.1 Å². The van der Waals surface area contributed by atoms with Crippen LogP contribution >= 0.6 is 0 Å². The summed E-state index contributed by atoms with van der Waals surface area (Å²) in [6.45, 7) is 0. The quantitative estimate of drug-likeness (QED) is 0.696. The van der Waals surface area contributed by atoms with Gasteiger partial charge in [-0.2, -0.15) is 13.2 Å². The third-order valence-electron chi connectivity index (χ3n) is 3.66. The van der Waals surface area contributed by atoms with E-state index in [9.17, 15) is 17.6 Å². The fraction of sp³-hybridized carbons (Fsp3) is 0.118. The smallest absolute Gasteiger partial charge is 0.383 e. The predicted molar refractivity (Wildman–Crippen MR) is 88.3 cm³/mol. The number of anilines is 2. The number of alkyl halides is 3. The minimum Gasteiger partial charge on any atom is -0.383 e. The lowest BCUT2D eigenvalue weighted by molar-refractivity contribution is -0.141. The highest BCUT2D eigenvalue weighted by molar-refractivity contribution is 5.62. The van der Waals surface area contributed by atoms with Crippen LogP contribution in [0, 0.1) is 5.82 Å². The minimum absolute atomic E-state index is 0.0463. The van der Waals surface area contributed by atoms with Crippen molar-refractivity contribution in [1.29, 1.82) is 0 Å². The average molecular weight is 363 g/mol. The summed E-state index contributed by atoms with van der Waals surface area (Å²) in [5, 5.41) is 0. The molecule has 0 aliphatic heterocycles. The molecule has 2 heterocycles. The van der Waals surface area contributed by atoms with E-state index < -0.39 is 17.7 Å². The second kappa shape index (κ2) is 6.58. The summed E-state index contributed by atoms with van der Waals surface area (Å²) in [5.74, 6) is -0.664. The zero-order valence-electron chi connectivity index (χ0n) is 13.3. The first-order valence-corrected chi connectivity index (χ1v) is 7.45. The molecular weight excluding hydrogens is 350 g/mol. The molecule has 0 aliphatic rings. The molecule has 2 aromatic heterocycles. The Labute approximate surface area is 145 Å². The molecule has 1 aromatic carbocycles. The molecule has 134 valence electrons. The molecule has 4 N–H and O–H groups in total. The van der Waals surface area contributed by atoms with Gasteiger partial charge in [0.15, 0.2) is 5.82 Å². The fourth-order valence-electron chi connectivity index (χ4n) is 2.36. The Kier molecular flexibility index (Phi) is 4.45. The monoisotopic (exact) mass is 363 g/mol. The van der Waals surface area contributed by atoms with Crippen LogP contribution in [0.15, 0.2) is 42.5 Å². The summed E-state index contributed by atoms with van der Waals surface area (Å²) in [6.07, 6.45) is -4.54. The van der Waals surface area contributed by atoms with Crippen LogP contribution in [0.5, 0.6) is 0 Å². The number of rotatable bonds is 3. The van der Waals surface area contributed by atoms with E-state index in [4.69, 9.17) is 11.5 Å². The highest BCUT2D eigenvalue weighted by atomic mass is 19.4. The third kappa shape index (κ3) is 3.56. The molecule has 0 spiro atoms. The highest BCUT2D eigenvalue weighted by Gasteiger charge is 2.32. The van der Waals surface area contributed by atoms with Crippen molar-refractivity contribution in [2.24, 2.45) is 0 Å². The molecular formula is C17H13F4N5. The molecule has 0 radical (unpaired) electrons. The molecule has 0 amide bonds. The minimum atomic E-state index is -4.60. The summed E-state index contributed by atoms with van der Waals surface area (Å²) in [4.78, 5) is 11.5. The molecule has 9 heteroatoms. The van der Waals surface area contributed by atoms with Gasteiger partial charge < -0.3 is 11.5 Å². The molecule has 0 fully saturated rings. The van der Waals surface area contributed by atoms with Crippen LogP contribution in [0.4, 0.5) is 29.2 Å². The second-order valence-corrected chi connectivity index (χ2v) is 5.47. The molecule has 0 unspecified atom stereocenters. The van der Waals surface area contributed by atoms with Gasteiger partial charge in [0.1, 0.15) is 28.8 Å². The lowest BCUT2D eigenvalue weighted by Crippen LogP contribution is -2.11. The Morgan fingerprint density at radius 2 is 1.50 bits per heavy atom. The number of nitrogen functional groups attached to an aromatic ring is 2. The van der Waals surface area contributed by atoms with Crippen LogP contribution in [0.2, 0.25) is 0 Å². The average Bonchev–Trinajstić information content (AvgIpc) is 2.59. The largest absolute Gasteiger partial charge is 0.433 e. The van der Waals surface area contributed by atoms with Gasteiger partial charge in [-0.15, -0.1) is 0 Å². The van der Waals surface area contributed by atoms with E-state index in [1.54, 1.807) is 18.2 Å². The fourth-order valence-corrected chi connectivity index (χ4v) is 2.36. The number of hydrogen-bond donors (Lipinski definition) is 2. The SMILES string of the molecule is Nc1nc(-c2cccc(C(F)(F)F)n2)nc(N)c1Cc1ccccc1F. The van der Waals surface area contributed by atoms with Gasteiger partial charge in [0.25, 0.3) is 0 Å². The van der Waals surface area contributed by atoms with E-state index in [-0.39, 0.29) is 29.6 Å². The van der Waals surface area contributed by atoms with Gasteiger partial charge in [-0.3, -0.25) is 0 Å². The standard InChI is InChI=1S/C17H13F4N5/c18-11-5-2-1-4-9(11)8-10-14(22)25-16(26-15(10)23)12-6-3-7-13(24-12)17(19,20)21/h1-7H,8H2,(H4,22,23,25,26). The number of aromatic nitrogens is 3. The topological polar surface area (TPSA) is 90.7 Å². The van der Waals surface area contributed by atoms with E-state index >= 15 is 0 Å². The Hall–Kier alpha value is -3.23. The molecule has 0 atom stereocenters. The second-order valence-electron chi connectivity index (χ2n) is 5.47. The van der Waals surface area contributed by atoms with Crippen molar-refractivity contribution < 1.29 is 17.6 Å². The summed E-state index contributed by atoms with van der Waals surface area (Å²) in [7, 11) is 0. The van der Waals surface area contributed by atoms with E-state index in [2.05, 4.69) is 15.0 Å². The van der Waals surface area contributed by atoms with E-state index in [1.165, 1.54) is 18.2 Å². The predicted octanol–water partition coefficient (Wildman–Crippen LogP) is 3.45. The van der Waals surface area contributed by atoms with Gasteiger partial charge in [0.2, 0.25) is 0 Å². The van der Waals surface area contributed by atoms with Crippen molar-refractivity contribution in [2.75, 3.05) is 11.5 Å². The van der Waals surface area contributed by atoms with Crippen LogP contribution < -0.4 is 11.5 Å². The molecule has 0 bridgehead atoms. The van der Waals surface area contributed by atoms with Crippen LogP contribution in [-0.2, 0) is 12.6 Å². The van der Waals surface area contributed by atoms with Gasteiger partial charge in [-0.25, -0.2) is 19.3 Å². The maximum absolute atomic E-state index is 13.8. The number of pyridine rings is 1.